The molecule has 1 aromatic rings. The van der Waals surface area contributed by atoms with Gasteiger partial charge in [-0.2, -0.15) is 0 Å². The van der Waals surface area contributed by atoms with Crippen LogP contribution in [0, 0.1) is 0 Å². The van der Waals surface area contributed by atoms with Crippen molar-refractivity contribution >= 4 is 17.7 Å². The molecule has 0 aliphatic rings. The highest BCUT2D eigenvalue weighted by molar-refractivity contribution is 8.00. The van der Waals surface area contributed by atoms with E-state index in [1.54, 1.807) is 7.05 Å². The number of nitrogens with zero attached hydrogens (tertiary/aromatic N) is 2. The first-order valence-corrected chi connectivity index (χ1v) is 4.81. The zero-order chi connectivity index (χ0) is 10.7. The van der Waals surface area contributed by atoms with E-state index in [4.69, 9.17) is 5.11 Å². The Hall–Kier alpha value is -1.30. The number of carboxylic acid groups (broad SMARTS) is 1. The maximum atomic E-state index is 11.4. The lowest BCUT2D eigenvalue weighted by atomic mass is 10.5. The largest absolute Gasteiger partial charge is 0.480 e. The Labute approximate surface area is 84.8 Å². The number of carboxylic acids is 1. The normalized spacial score (nSPS) is 12.4. The fourth-order valence-corrected chi connectivity index (χ4v) is 1.58. The molecule has 0 amide bonds. The van der Waals surface area contributed by atoms with E-state index in [1.807, 2.05) is 0 Å². The van der Waals surface area contributed by atoms with E-state index >= 15 is 0 Å². The molecule has 0 saturated heterocycles. The first-order chi connectivity index (χ1) is 6.52. The Balaban J connectivity index is 2.93. The Morgan fingerprint density at radius 3 is 2.93 bits per heavy atom. The third-order valence-electron chi connectivity index (χ3n) is 1.62. The summed E-state index contributed by atoms with van der Waals surface area (Å²) < 4.78 is 1.36. The van der Waals surface area contributed by atoms with Crippen LogP contribution < -0.4 is 5.56 Å². The summed E-state index contributed by atoms with van der Waals surface area (Å²) in [4.78, 5) is 25.8. The SMILES string of the molecule is CC(Sc1nccn(C)c1=O)C(=O)O. The lowest BCUT2D eigenvalue weighted by Crippen LogP contribution is -2.21. The highest BCUT2D eigenvalue weighted by Gasteiger charge is 2.15. The molecule has 0 radical (unpaired) electrons. The van der Waals surface area contributed by atoms with Crippen LogP contribution in [0.3, 0.4) is 0 Å². The molecule has 1 unspecified atom stereocenters. The number of carbonyl (C=O) groups is 1. The quantitative estimate of drug-likeness (QED) is 0.735. The lowest BCUT2D eigenvalue weighted by Gasteiger charge is -2.04. The number of aryl methyl sites for hydroxylation is 1. The fraction of sp³-hybridized carbons (Fsp3) is 0.375. The maximum absolute atomic E-state index is 11.4. The van der Waals surface area contributed by atoms with E-state index in [1.165, 1.54) is 23.9 Å². The summed E-state index contributed by atoms with van der Waals surface area (Å²) in [7, 11) is 1.60. The average Bonchev–Trinajstić information content (AvgIpc) is 2.12. The Kier molecular flexibility index (Phi) is 3.29. The molecule has 1 atom stereocenters. The van der Waals surface area contributed by atoms with Crippen LogP contribution in [0.5, 0.6) is 0 Å². The van der Waals surface area contributed by atoms with Gasteiger partial charge in [0.25, 0.3) is 5.56 Å². The highest BCUT2D eigenvalue weighted by atomic mass is 32.2. The van der Waals surface area contributed by atoms with Crippen molar-refractivity contribution < 1.29 is 9.90 Å². The molecule has 0 spiro atoms. The molecule has 5 nitrogen and oxygen atoms in total. The molecule has 0 aliphatic carbocycles. The predicted octanol–water partition coefficient (Wildman–Crippen LogP) is 0.345. The molecule has 0 fully saturated rings. The molecule has 1 rings (SSSR count). The van der Waals surface area contributed by atoms with E-state index in [2.05, 4.69) is 4.98 Å². The first-order valence-electron chi connectivity index (χ1n) is 3.93. The van der Waals surface area contributed by atoms with E-state index in [0.717, 1.165) is 11.8 Å². The van der Waals surface area contributed by atoms with Crippen molar-refractivity contribution in [2.75, 3.05) is 0 Å². The number of aliphatic carboxylic acids is 1. The third kappa shape index (κ3) is 2.35. The van der Waals surface area contributed by atoms with Gasteiger partial charge in [0.2, 0.25) is 0 Å². The molecule has 14 heavy (non-hydrogen) atoms. The minimum absolute atomic E-state index is 0.213. The zero-order valence-electron chi connectivity index (χ0n) is 7.80. The van der Waals surface area contributed by atoms with Crippen molar-refractivity contribution in [3.05, 3.63) is 22.7 Å². The number of hydrogen-bond donors (Lipinski definition) is 1. The number of aromatic nitrogens is 2. The van der Waals surface area contributed by atoms with Crippen LogP contribution in [0.15, 0.2) is 22.2 Å². The standard InChI is InChI=1S/C8H10N2O3S/c1-5(8(12)13)14-6-7(11)10(2)4-3-9-6/h3-5H,1-2H3,(H,12,13). The topological polar surface area (TPSA) is 72.2 Å². The van der Waals surface area contributed by atoms with Crippen LogP contribution in [0.4, 0.5) is 0 Å². The molecule has 0 aromatic carbocycles. The van der Waals surface area contributed by atoms with Crippen LogP contribution >= 0.6 is 11.8 Å². The number of thioether (sulfide) groups is 1. The summed E-state index contributed by atoms with van der Waals surface area (Å²) in [5.41, 5.74) is -0.273. The molecule has 1 aromatic heterocycles. The van der Waals surface area contributed by atoms with Gasteiger partial charge in [-0.3, -0.25) is 9.59 Å². The molecular formula is C8H10N2O3S. The van der Waals surface area contributed by atoms with Gasteiger partial charge in [0.1, 0.15) is 5.25 Å². The first kappa shape index (κ1) is 10.8. The molecule has 0 aliphatic heterocycles. The van der Waals surface area contributed by atoms with E-state index in [0.29, 0.717) is 0 Å². The minimum atomic E-state index is -0.956. The number of hydrogen-bond acceptors (Lipinski definition) is 4. The van der Waals surface area contributed by atoms with Crippen LogP contribution in [0.2, 0.25) is 0 Å². The summed E-state index contributed by atoms with van der Waals surface area (Å²) in [6, 6.07) is 0. The van der Waals surface area contributed by atoms with Gasteiger partial charge in [-0.25, -0.2) is 4.98 Å². The van der Waals surface area contributed by atoms with Crippen molar-refractivity contribution in [2.45, 2.75) is 17.2 Å². The van der Waals surface area contributed by atoms with Crippen molar-refractivity contribution in [1.29, 1.82) is 0 Å². The average molecular weight is 214 g/mol. The molecule has 1 N–H and O–H groups in total. The summed E-state index contributed by atoms with van der Waals surface area (Å²) >= 11 is 0.948. The van der Waals surface area contributed by atoms with Gasteiger partial charge in [-0.1, -0.05) is 11.8 Å². The zero-order valence-corrected chi connectivity index (χ0v) is 8.61. The summed E-state index contributed by atoms with van der Waals surface area (Å²) in [6.07, 6.45) is 3.00. The van der Waals surface area contributed by atoms with Crippen molar-refractivity contribution in [3.8, 4) is 0 Å². The minimum Gasteiger partial charge on any atom is -0.480 e. The van der Waals surface area contributed by atoms with Crippen molar-refractivity contribution in [3.63, 3.8) is 0 Å². The van der Waals surface area contributed by atoms with E-state index in [9.17, 15) is 9.59 Å². The fourth-order valence-electron chi connectivity index (χ4n) is 0.774. The van der Waals surface area contributed by atoms with Gasteiger partial charge in [-0.15, -0.1) is 0 Å². The second-order valence-electron chi connectivity index (χ2n) is 2.75. The second-order valence-corrected chi connectivity index (χ2v) is 4.08. The summed E-state index contributed by atoms with van der Waals surface area (Å²) in [5, 5.41) is 8.19. The van der Waals surface area contributed by atoms with Crippen LogP contribution in [-0.4, -0.2) is 25.9 Å². The highest BCUT2D eigenvalue weighted by Crippen LogP contribution is 2.16. The maximum Gasteiger partial charge on any atom is 0.316 e. The molecule has 6 heteroatoms. The van der Waals surface area contributed by atoms with Gasteiger partial charge in [-0.05, 0) is 6.92 Å². The van der Waals surface area contributed by atoms with Crippen molar-refractivity contribution in [1.82, 2.24) is 9.55 Å². The molecule has 76 valence electrons. The van der Waals surface area contributed by atoms with Crippen LogP contribution in [0.25, 0.3) is 0 Å². The van der Waals surface area contributed by atoms with Gasteiger partial charge < -0.3 is 9.67 Å². The third-order valence-corrected chi connectivity index (χ3v) is 2.68. The van der Waals surface area contributed by atoms with Crippen molar-refractivity contribution in [2.24, 2.45) is 7.05 Å². The predicted molar refractivity (Wildman–Crippen MR) is 52.4 cm³/mol. The van der Waals surface area contributed by atoms with E-state index in [-0.39, 0.29) is 10.6 Å². The number of rotatable bonds is 3. The monoisotopic (exact) mass is 214 g/mol. The summed E-state index contributed by atoms with van der Waals surface area (Å²) in [5.74, 6) is -0.956. The molecular weight excluding hydrogens is 204 g/mol. The Morgan fingerprint density at radius 2 is 2.36 bits per heavy atom. The second kappa shape index (κ2) is 4.28. The Morgan fingerprint density at radius 1 is 1.71 bits per heavy atom. The molecule has 0 saturated carbocycles. The Bertz CT molecular complexity index is 402. The van der Waals surface area contributed by atoms with Gasteiger partial charge in [0, 0.05) is 19.4 Å². The smallest absolute Gasteiger partial charge is 0.316 e. The lowest BCUT2D eigenvalue weighted by molar-refractivity contribution is -0.136. The van der Waals surface area contributed by atoms with Gasteiger partial charge >= 0.3 is 5.97 Å². The summed E-state index contributed by atoms with van der Waals surface area (Å²) in [6.45, 7) is 1.52. The molecule has 0 bridgehead atoms. The van der Waals surface area contributed by atoms with Gasteiger partial charge in [0.15, 0.2) is 5.03 Å². The van der Waals surface area contributed by atoms with E-state index < -0.39 is 11.2 Å². The molecule has 1 heterocycles. The van der Waals surface area contributed by atoms with Gasteiger partial charge in [0.05, 0.1) is 0 Å². The van der Waals surface area contributed by atoms with Crippen LogP contribution in [-0.2, 0) is 11.8 Å². The van der Waals surface area contributed by atoms with Crippen LogP contribution in [0.1, 0.15) is 6.92 Å².